The van der Waals surface area contributed by atoms with E-state index in [1.54, 1.807) is 0 Å². The molecule has 14 heavy (non-hydrogen) atoms. The minimum atomic E-state index is 0. The van der Waals surface area contributed by atoms with Crippen LogP contribution in [0.1, 0.15) is 27.2 Å². The Hall–Kier alpha value is -0.280. The summed E-state index contributed by atoms with van der Waals surface area (Å²) in [5, 5.41) is 3.07. The second-order valence-corrected chi connectivity index (χ2v) is 4.87. The molecule has 0 unspecified atom stereocenters. The molecular weight excluding hydrogens is 200 g/mol. The molecule has 0 aromatic heterocycles. The number of nitrogens with one attached hydrogen (secondary N) is 1. The van der Waals surface area contributed by atoms with Crippen molar-refractivity contribution in [2.45, 2.75) is 27.2 Å². The molecular formula is C10H21ClN2O. The summed E-state index contributed by atoms with van der Waals surface area (Å²) in [6.07, 6.45) is 1.08. The second-order valence-electron chi connectivity index (χ2n) is 4.87. The van der Waals surface area contributed by atoms with Crippen LogP contribution in [0.4, 0.5) is 0 Å². The lowest BCUT2D eigenvalue weighted by Crippen LogP contribution is -2.48. The topological polar surface area (TPSA) is 32.3 Å². The summed E-state index contributed by atoms with van der Waals surface area (Å²) < 4.78 is 0. The minimum absolute atomic E-state index is 0. The predicted octanol–water partition coefficient (Wildman–Crippen LogP) is 1.28. The van der Waals surface area contributed by atoms with Gasteiger partial charge in [0.2, 0.25) is 5.91 Å². The Bertz CT molecular complexity index is 189. The van der Waals surface area contributed by atoms with E-state index >= 15 is 0 Å². The summed E-state index contributed by atoms with van der Waals surface area (Å²) in [5.41, 5.74) is 0.325. The van der Waals surface area contributed by atoms with E-state index < -0.39 is 0 Å². The number of halogens is 1. The number of carbonyl (C=O) groups excluding carboxylic acids is 1. The number of carbonyl (C=O) groups is 1. The Morgan fingerprint density at radius 3 is 2.57 bits per heavy atom. The molecule has 1 heterocycles. The summed E-state index contributed by atoms with van der Waals surface area (Å²) in [6, 6.07) is 0. The molecule has 3 nitrogen and oxygen atoms in total. The molecule has 0 bridgehead atoms. The number of hydrogen-bond donors (Lipinski definition) is 1. The number of amides is 1. The highest BCUT2D eigenvalue weighted by molar-refractivity contribution is 5.85. The van der Waals surface area contributed by atoms with Crippen LogP contribution in [-0.2, 0) is 4.79 Å². The maximum Gasteiger partial charge on any atom is 0.236 e. The number of rotatable bonds is 2. The van der Waals surface area contributed by atoms with Gasteiger partial charge >= 0.3 is 0 Å². The van der Waals surface area contributed by atoms with E-state index in [0.717, 1.165) is 26.1 Å². The highest BCUT2D eigenvalue weighted by Gasteiger charge is 2.19. The van der Waals surface area contributed by atoms with Crippen molar-refractivity contribution in [1.82, 2.24) is 10.2 Å². The van der Waals surface area contributed by atoms with Crippen molar-refractivity contribution >= 4 is 18.3 Å². The second kappa shape index (κ2) is 5.56. The fraction of sp³-hybridized carbons (Fsp3) is 0.900. The van der Waals surface area contributed by atoms with E-state index in [1.807, 2.05) is 4.90 Å². The van der Waals surface area contributed by atoms with Gasteiger partial charge in [-0.1, -0.05) is 20.8 Å². The van der Waals surface area contributed by atoms with E-state index in [0.29, 0.717) is 12.0 Å². The van der Waals surface area contributed by atoms with Crippen molar-refractivity contribution in [3.05, 3.63) is 0 Å². The van der Waals surface area contributed by atoms with Crippen LogP contribution >= 0.6 is 12.4 Å². The zero-order valence-corrected chi connectivity index (χ0v) is 10.1. The molecule has 1 aliphatic heterocycles. The Balaban J connectivity index is 0.00000169. The number of piperazine rings is 1. The van der Waals surface area contributed by atoms with Gasteiger partial charge in [-0.15, -0.1) is 12.4 Å². The third-order valence-electron chi connectivity index (χ3n) is 2.32. The van der Waals surface area contributed by atoms with Crippen molar-refractivity contribution in [3.63, 3.8) is 0 Å². The molecule has 4 heteroatoms. The summed E-state index contributed by atoms with van der Waals surface area (Å²) in [4.78, 5) is 13.3. The number of nitrogens with zero attached hydrogens (tertiary/aromatic N) is 1. The van der Waals surface area contributed by atoms with Crippen molar-refractivity contribution in [3.8, 4) is 0 Å². The van der Waals surface area contributed by atoms with Gasteiger partial charge in [-0.05, 0) is 11.8 Å². The first-order valence-electron chi connectivity index (χ1n) is 4.97. The lowest BCUT2D eigenvalue weighted by Gasteiger charge is -2.30. The van der Waals surface area contributed by atoms with Gasteiger partial charge in [0, 0.05) is 19.6 Å². The number of hydrogen-bond acceptors (Lipinski definition) is 2. The fourth-order valence-electron chi connectivity index (χ4n) is 1.35. The molecule has 0 atom stereocenters. The van der Waals surface area contributed by atoms with Crippen LogP contribution in [0.25, 0.3) is 0 Å². The van der Waals surface area contributed by atoms with Gasteiger partial charge in [0.25, 0.3) is 0 Å². The van der Waals surface area contributed by atoms with Gasteiger partial charge in [-0.3, -0.25) is 4.79 Å². The van der Waals surface area contributed by atoms with Gasteiger partial charge in [0.15, 0.2) is 0 Å². The molecule has 1 N–H and O–H groups in total. The van der Waals surface area contributed by atoms with Crippen LogP contribution in [0.5, 0.6) is 0 Å². The largest absolute Gasteiger partial charge is 0.340 e. The Labute approximate surface area is 92.6 Å². The van der Waals surface area contributed by atoms with E-state index in [-0.39, 0.29) is 18.3 Å². The molecule has 1 saturated heterocycles. The molecule has 0 radical (unpaired) electrons. The average molecular weight is 221 g/mol. The van der Waals surface area contributed by atoms with Crippen molar-refractivity contribution in [2.75, 3.05) is 26.2 Å². The smallest absolute Gasteiger partial charge is 0.236 e. The molecule has 1 amide bonds. The SMILES string of the molecule is CC(C)(C)CCN1CCNCC1=O.Cl. The average Bonchev–Trinajstić information content (AvgIpc) is 2.01. The van der Waals surface area contributed by atoms with E-state index in [4.69, 9.17) is 0 Å². The summed E-state index contributed by atoms with van der Waals surface area (Å²) in [5.74, 6) is 0.246. The fourth-order valence-corrected chi connectivity index (χ4v) is 1.35. The lowest BCUT2D eigenvalue weighted by molar-refractivity contribution is -0.132. The van der Waals surface area contributed by atoms with E-state index in [9.17, 15) is 4.79 Å². The zero-order valence-electron chi connectivity index (χ0n) is 9.30. The Morgan fingerprint density at radius 2 is 2.07 bits per heavy atom. The summed E-state index contributed by atoms with van der Waals surface area (Å²) in [6.45, 7) is 9.86. The normalized spacial score (nSPS) is 17.9. The molecule has 1 rings (SSSR count). The molecule has 0 aromatic rings. The highest BCUT2D eigenvalue weighted by Crippen LogP contribution is 2.18. The molecule has 0 saturated carbocycles. The van der Waals surface area contributed by atoms with Gasteiger partial charge in [0.1, 0.15) is 0 Å². The molecule has 84 valence electrons. The molecule has 0 aliphatic carbocycles. The monoisotopic (exact) mass is 220 g/mol. The lowest BCUT2D eigenvalue weighted by atomic mass is 9.92. The first-order valence-corrected chi connectivity index (χ1v) is 4.97. The molecule has 0 spiro atoms. The van der Waals surface area contributed by atoms with Crippen molar-refractivity contribution in [1.29, 1.82) is 0 Å². The van der Waals surface area contributed by atoms with Crippen LogP contribution in [0, 0.1) is 5.41 Å². The standard InChI is InChI=1S/C10H20N2O.ClH/c1-10(2,3)4-6-12-7-5-11-8-9(12)13;/h11H,4-8H2,1-3H3;1H. The Kier molecular flexibility index (Phi) is 5.45. The van der Waals surface area contributed by atoms with Gasteiger partial charge in [-0.2, -0.15) is 0 Å². The molecule has 1 aliphatic rings. The third-order valence-corrected chi connectivity index (χ3v) is 2.32. The van der Waals surface area contributed by atoms with Crippen molar-refractivity contribution < 1.29 is 4.79 Å². The first kappa shape index (κ1) is 13.7. The quantitative estimate of drug-likeness (QED) is 0.761. The van der Waals surface area contributed by atoms with Gasteiger partial charge < -0.3 is 10.2 Å². The minimum Gasteiger partial charge on any atom is -0.340 e. The first-order chi connectivity index (χ1) is 5.99. The van der Waals surface area contributed by atoms with Crippen LogP contribution in [0.2, 0.25) is 0 Å². The van der Waals surface area contributed by atoms with Gasteiger partial charge in [0.05, 0.1) is 6.54 Å². The van der Waals surface area contributed by atoms with Crippen LogP contribution in [0.15, 0.2) is 0 Å². The van der Waals surface area contributed by atoms with Gasteiger partial charge in [-0.25, -0.2) is 0 Å². The summed E-state index contributed by atoms with van der Waals surface area (Å²) >= 11 is 0. The zero-order chi connectivity index (χ0) is 9.90. The summed E-state index contributed by atoms with van der Waals surface area (Å²) in [7, 11) is 0. The molecule has 1 fully saturated rings. The Morgan fingerprint density at radius 1 is 1.43 bits per heavy atom. The van der Waals surface area contributed by atoms with Crippen molar-refractivity contribution in [2.24, 2.45) is 5.41 Å². The highest BCUT2D eigenvalue weighted by atomic mass is 35.5. The van der Waals surface area contributed by atoms with Crippen LogP contribution < -0.4 is 5.32 Å². The predicted molar refractivity (Wildman–Crippen MR) is 60.8 cm³/mol. The van der Waals surface area contributed by atoms with E-state index in [1.165, 1.54) is 0 Å². The molecule has 0 aromatic carbocycles. The maximum atomic E-state index is 11.4. The van der Waals surface area contributed by atoms with Crippen LogP contribution in [-0.4, -0.2) is 37.0 Å². The third kappa shape index (κ3) is 4.82. The maximum absolute atomic E-state index is 11.4. The van der Waals surface area contributed by atoms with Crippen LogP contribution in [0.3, 0.4) is 0 Å². The van der Waals surface area contributed by atoms with E-state index in [2.05, 4.69) is 26.1 Å².